The zero-order valence-corrected chi connectivity index (χ0v) is 17.1. The fourth-order valence-electron chi connectivity index (χ4n) is 3.31. The molecule has 0 saturated carbocycles. The van der Waals surface area contributed by atoms with Crippen molar-refractivity contribution < 1.29 is 13.9 Å². The van der Waals surface area contributed by atoms with Gasteiger partial charge in [-0.15, -0.1) is 0 Å². The number of nitrogens with zero attached hydrogens (tertiary/aromatic N) is 1. The summed E-state index contributed by atoms with van der Waals surface area (Å²) in [6.07, 6.45) is 3.03. The van der Waals surface area contributed by atoms with Crippen molar-refractivity contribution in [2.24, 2.45) is 0 Å². The number of amides is 1. The normalized spacial score (nSPS) is 14.2. The minimum absolute atomic E-state index is 0.274. The third-order valence-corrected chi connectivity index (χ3v) is 5.14. The van der Waals surface area contributed by atoms with Gasteiger partial charge in [-0.05, 0) is 48.5 Å². The fourth-order valence-corrected chi connectivity index (χ4v) is 3.54. The summed E-state index contributed by atoms with van der Waals surface area (Å²) in [6.45, 7) is 2.98. The summed E-state index contributed by atoms with van der Waals surface area (Å²) >= 11 is 6.20. The lowest BCUT2D eigenvalue weighted by Crippen LogP contribution is -2.36. The van der Waals surface area contributed by atoms with Crippen molar-refractivity contribution in [3.05, 3.63) is 71.5 Å². The Morgan fingerprint density at radius 2 is 1.90 bits per heavy atom. The van der Waals surface area contributed by atoms with Gasteiger partial charge in [-0.1, -0.05) is 23.7 Å². The van der Waals surface area contributed by atoms with Crippen LogP contribution in [-0.2, 0) is 9.53 Å². The van der Waals surface area contributed by atoms with Gasteiger partial charge < -0.3 is 25.1 Å². The quantitative estimate of drug-likeness (QED) is 0.460. The van der Waals surface area contributed by atoms with Gasteiger partial charge in [0.15, 0.2) is 0 Å². The summed E-state index contributed by atoms with van der Waals surface area (Å²) in [6, 6.07) is 16.6. The van der Waals surface area contributed by atoms with Gasteiger partial charge in [-0.3, -0.25) is 4.79 Å². The smallest absolute Gasteiger partial charge is 0.248 e. The number of halogens is 1. The van der Waals surface area contributed by atoms with Crippen molar-refractivity contribution in [1.29, 1.82) is 0 Å². The predicted molar refractivity (Wildman–Crippen MR) is 121 cm³/mol. The molecule has 2 heterocycles. The van der Waals surface area contributed by atoms with E-state index in [0.29, 0.717) is 41.1 Å². The molecule has 154 valence electrons. The van der Waals surface area contributed by atoms with E-state index in [9.17, 15) is 4.79 Å². The van der Waals surface area contributed by atoms with Crippen molar-refractivity contribution in [2.75, 3.05) is 42.3 Å². The van der Waals surface area contributed by atoms with Gasteiger partial charge in [0.05, 0.1) is 29.6 Å². The first-order chi connectivity index (χ1) is 14.6. The summed E-state index contributed by atoms with van der Waals surface area (Å²) in [4.78, 5) is 14.5. The van der Waals surface area contributed by atoms with Crippen LogP contribution in [0.15, 0.2) is 65.1 Å². The second-order valence-corrected chi connectivity index (χ2v) is 7.28. The zero-order chi connectivity index (χ0) is 20.9. The molecule has 7 heteroatoms. The number of nitrogens with one attached hydrogen (secondary N) is 1. The number of benzene rings is 2. The molecule has 0 radical (unpaired) electrons. The van der Waals surface area contributed by atoms with Crippen LogP contribution in [0.1, 0.15) is 5.76 Å². The standard InChI is InChI=1S/C23H22ClN3O3/c24-19-4-2-1-3-18(19)22-9-6-17(30-22)7-10-23(28)26-16-5-8-21(20(25)15-16)27-11-13-29-14-12-27/h1-10,15H,11-14,25H2,(H,26,28)/b10-7+. The molecule has 4 rings (SSSR count). The maximum atomic E-state index is 12.3. The lowest BCUT2D eigenvalue weighted by atomic mass is 10.2. The number of carbonyl (C=O) groups is 1. The average Bonchev–Trinajstić information content (AvgIpc) is 3.22. The summed E-state index contributed by atoms with van der Waals surface area (Å²) in [5, 5.41) is 3.43. The van der Waals surface area contributed by atoms with Gasteiger partial charge in [0.1, 0.15) is 11.5 Å². The molecule has 1 amide bonds. The van der Waals surface area contributed by atoms with E-state index in [4.69, 9.17) is 26.5 Å². The molecule has 1 aliphatic heterocycles. The largest absolute Gasteiger partial charge is 0.457 e. The Bertz CT molecular complexity index is 1070. The van der Waals surface area contributed by atoms with Crippen molar-refractivity contribution in [3.63, 3.8) is 0 Å². The highest BCUT2D eigenvalue weighted by Crippen LogP contribution is 2.30. The van der Waals surface area contributed by atoms with E-state index >= 15 is 0 Å². The first-order valence-electron chi connectivity index (χ1n) is 9.66. The van der Waals surface area contributed by atoms with Crippen molar-refractivity contribution in [3.8, 4) is 11.3 Å². The molecular formula is C23H22ClN3O3. The van der Waals surface area contributed by atoms with E-state index in [1.807, 2.05) is 36.4 Å². The van der Waals surface area contributed by atoms with E-state index in [2.05, 4.69) is 10.2 Å². The van der Waals surface area contributed by atoms with Crippen LogP contribution in [0.3, 0.4) is 0 Å². The van der Waals surface area contributed by atoms with Crippen molar-refractivity contribution >= 4 is 40.6 Å². The second-order valence-electron chi connectivity index (χ2n) is 6.88. The van der Waals surface area contributed by atoms with Crippen molar-refractivity contribution in [2.45, 2.75) is 0 Å². The highest BCUT2D eigenvalue weighted by atomic mass is 35.5. The number of furan rings is 1. The number of rotatable bonds is 5. The highest BCUT2D eigenvalue weighted by molar-refractivity contribution is 6.33. The number of nitrogens with two attached hydrogens (primary N) is 1. The zero-order valence-electron chi connectivity index (χ0n) is 16.3. The summed E-state index contributed by atoms with van der Waals surface area (Å²) < 4.78 is 11.1. The average molecular weight is 424 g/mol. The minimum Gasteiger partial charge on any atom is -0.457 e. The SMILES string of the molecule is Nc1cc(NC(=O)/C=C/c2ccc(-c3ccccc3Cl)o2)ccc1N1CCOCC1. The third kappa shape index (κ3) is 4.67. The number of hydrogen-bond donors (Lipinski definition) is 2. The van der Waals surface area contributed by atoms with E-state index in [0.717, 1.165) is 24.3 Å². The first kappa shape index (κ1) is 20.1. The van der Waals surface area contributed by atoms with Gasteiger partial charge in [0.25, 0.3) is 0 Å². The van der Waals surface area contributed by atoms with Gasteiger partial charge in [0, 0.05) is 30.4 Å². The van der Waals surface area contributed by atoms with Gasteiger partial charge in [0.2, 0.25) is 5.91 Å². The minimum atomic E-state index is -0.274. The molecule has 30 heavy (non-hydrogen) atoms. The molecule has 2 aromatic carbocycles. The fraction of sp³-hybridized carbons (Fsp3) is 0.174. The van der Waals surface area contributed by atoms with Crippen molar-refractivity contribution in [1.82, 2.24) is 0 Å². The Labute approximate surface area is 179 Å². The highest BCUT2D eigenvalue weighted by Gasteiger charge is 2.14. The topological polar surface area (TPSA) is 80.7 Å². The monoisotopic (exact) mass is 423 g/mol. The molecule has 3 N–H and O–H groups in total. The second kappa shape index (κ2) is 9.07. The van der Waals surface area contributed by atoms with Crippen LogP contribution in [-0.4, -0.2) is 32.2 Å². The van der Waals surface area contributed by atoms with Gasteiger partial charge in [-0.25, -0.2) is 0 Å². The van der Waals surface area contributed by atoms with Gasteiger partial charge >= 0.3 is 0 Å². The number of hydrogen-bond acceptors (Lipinski definition) is 5. The maximum Gasteiger partial charge on any atom is 0.248 e. The van der Waals surface area contributed by atoms with Crippen LogP contribution in [0.2, 0.25) is 5.02 Å². The van der Waals surface area contributed by atoms with Crippen LogP contribution in [0.25, 0.3) is 17.4 Å². The molecule has 0 spiro atoms. The van der Waals surface area contributed by atoms with E-state index < -0.39 is 0 Å². The summed E-state index contributed by atoms with van der Waals surface area (Å²) in [5.41, 5.74) is 9.20. The van der Waals surface area contributed by atoms with Crippen LogP contribution < -0.4 is 16.0 Å². The molecule has 6 nitrogen and oxygen atoms in total. The molecular weight excluding hydrogens is 402 g/mol. The first-order valence-corrected chi connectivity index (χ1v) is 10.0. The van der Waals surface area contributed by atoms with Crippen LogP contribution >= 0.6 is 11.6 Å². The molecule has 0 bridgehead atoms. The number of morpholine rings is 1. The Hall–Kier alpha value is -3.22. The lowest BCUT2D eigenvalue weighted by Gasteiger charge is -2.30. The Kier molecular flexibility index (Phi) is 6.07. The number of nitrogen functional groups attached to an aromatic ring is 1. The Balaban J connectivity index is 1.39. The molecule has 0 aliphatic carbocycles. The predicted octanol–water partition coefficient (Wildman–Crippen LogP) is 4.67. The van der Waals surface area contributed by atoms with Gasteiger partial charge in [-0.2, -0.15) is 0 Å². The molecule has 3 aromatic rings. The Morgan fingerprint density at radius 3 is 2.67 bits per heavy atom. The summed E-state index contributed by atoms with van der Waals surface area (Å²) in [7, 11) is 0. The molecule has 1 aliphatic rings. The molecule has 0 unspecified atom stereocenters. The molecule has 0 atom stereocenters. The number of ether oxygens (including phenoxy) is 1. The van der Waals surface area contributed by atoms with E-state index in [1.165, 1.54) is 6.08 Å². The third-order valence-electron chi connectivity index (χ3n) is 4.81. The molecule has 1 aromatic heterocycles. The summed E-state index contributed by atoms with van der Waals surface area (Å²) in [5.74, 6) is 0.929. The lowest BCUT2D eigenvalue weighted by molar-refractivity contribution is -0.111. The van der Waals surface area contributed by atoms with E-state index in [1.54, 1.807) is 24.3 Å². The molecule has 1 saturated heterocycles. The van der Waals surface area contributed by atoms with Crippen LogP contribution in [0.4, 0.5) is 17.1 Å². The number of anilines is 3. The van der Waals surface area contributed by atoms with Crippen LogP contribution in [0.5, 0.6) is 0 Å². The molecule has 1 fully saturated rings. The van der Waals surface area contributed by atoms with E-state index in [-0.39, 0.29) is 5.91 Å². The van der Waals surface area contributed by atoms with Crippen LogP contribution in [0, 0.1) is 0 Å². The number of carbonyl (C=O) groups excluding carboxylic acids is 1. The Morgan fingerprint density at radius 1 is 1.10 bits per heavy atom. The maximum absolute atomic E-state index is 12.3.